The SMILES string of the molecule is COc1ccc([C@@H]2C(=C(O)c3ccc(C)cc3)C(=O)C(=O)N2CCN2CCOCC2)cc1. The van der Waals surface area contributed by atoms with Gasteiger partial charge in [-0.15, -0.1) is 0 Å². The number of carbonyl (C=O) groups excluding carboxylic acids is 2. The van der Waals surface area contributed by atoms with Crippen LogP contribution in [0.4, 0.5) is 0 Å². The minimum Gasteiger partial charge on any atom is -0.507 e. The van der Waals surface area contributed by atoms with Gasteiger partial charge < -0.3 is 19.5 Å². The van der Waals surface area contributed by atoms with Crippen LogP contribution in [0.1, 0.15) is 22.7 Å². The Labute approximate surface area is 187 Å². The standard InChI is InChI=1S/C25H28N2O5/c1-17-3-5-19(6-4-17)23(28)21-22(18-7-9-20(31-2)10-8-18)27(25(30)24(21)29)12-11-26-13-15-32-16-14-26/h3-10,22,28H,11-16H2,1-2H3/t22-/m1/s1. The molecule has 2 aliphatic heterocycles. The summed E-state index contributed by atoms with van der Waals surface area (Å²) in [7, 11) is 1.58. The molecule has 0 radical (unpaired) electrons. The minimum absolute atomic E-state index is 0.117. The fraction of sp³-hybridized carbons (Fsp3) is 0.360. The zero-order valence-corrected chi connectivity index (χ0v) is 18.4. The molecule has 0 aromatic heterocycles. The summed E-state index contributed by atoms with van der Waals surface area (Å²) in [5, 5.41) is 11.1. The molecule has 0 aliphatic carbocycles. The average Bonchev–Trinajstić information content (AvgIpc) is 3.08. The number of aliphatic hydroxyl groups is 1. The van der Waals surface area contributed by atoms with E-state index in [4.69, 9.17) is 9.47 Å². The molecule has 32 heavy (non-hydrogen) atoms. The maximum atomic E-state index is 13.1. The lowest BCUT2D eigenvalue weighted by Crippen LogP contribution is -2.42. The van der Waals surface area contributed by atoms with Crippen molar-refractivity contribution in [2.24, 2.45) is 0 Å². The molecular weight excluding hydrogens is 408 g/mol. The van der Waals surface area contributed by atoms with Crippen LogP contribution in [0.3, 0.4) is 0 Å². The van der Waals surface area contributed by atoms with Gasteiger partial charge in [0.15, 0.2) is 0 Å². The number of methoxy groups -OCH3 is 1. The van der Waals surface area contributed by atoms with Crippen LogP contribution in [-0.2, 0) is 14.3 Å². The van der Waals surface area contributed by atoms with E-state index in [1.807, 2.05) is 31.2 Å². The summed E-state index contributed by atoms with van der Waals surface area (Å²) >= 11 is 0. The molecule has 2 aliphatic rings. The van der Waals surface area contributed by atoms with E-state index < -0.39 is 17.7 Å². The second-order valence-corrected chi connectivity index (χ2v) is 8.09. The largest absolute Gasteiger partial charge is 0.507 e. The third kappa shape index (κ3) is 4.40. The number of ketones is 1. The van der Waals surface area contributed by atoms with E-state index >= 15 is 0 Å². The first-order chi connectivity index (χ1) is 15.5. The summed E-state index contributed by atoms with van der Waals surface area (Å²) in [6.45, 7) is 5.87. The number of likely N-dealkylation sites (tertiary alicyclic amines) is 1. The minimum atomic E-state index is -0.664. The van der Waals surface area contributed by atoms with Gasteiger partial charge in [-0.2, -0.15) is 0 Å². The van der Waals surface area contributed by atoms with Gasteiger partial charge in [0.25, 0.3) is 11.7 Å². The maximum absolute atomic E-state index is 13.1. The van der Waals surface area contributed by atoms with Crippen molar-refractivity contribution < 1.29 is 24.2 Å². The Morgan fingerprint density at radius 2 is 1.69 bits per heavy atom. The molecular formula is C25H28N2O5. The summed E-state index contributed by atoms with van der Waals surface area (Å²) in [4.78, 5) is 29.9. The normalized spacial score (nSPS) is 21.2. The molecule has 1 atom stereocenters. The van der Waals surface area contributed by atoms with Crippen LogP contribution < -0.4 is 4.74 Å². The fourth-order valence-electron chi connectivity index (χ4n) is 4.18. The van der Waals surface area contributed by atoms with E-state index in [0.29, 0.717) is 37.6 Å². The van der Waals surface area contributed by atoms with Crippen LogP contribution in [0, 0.1) is 6.92 Å². The molecule has 0 unspecified atom stereocenters. The number of amides is 1. The summed E-state index contributed by atoms with van der Waals surface area (Å²) in [6, 6.07) is 13.8. The monoisotopic (exact) mass is 436 g/mol. The summed E-state index contributed by atoms with van der Waals surface area (Å²) in [6.07, 6.45) is 0. The molecule has 2 fully saturated rings. The second kappa shape index (κ2) is 9.54. The molecule has 2 saturated heterocycles. The number of aryl methyl sites for hydroxylation is 1. The Morgan fingerprint density at radius 3 is 2.31 bits per heavy atom. The quantitative estimate of drug-likeness (QED) is 0.426. The molecule has 1 N–H and O–H groups in total. The third-order valence-electron chi connectivity index (χ3n) is 6.06. The number of nitrogens with zero attached hydrogens (tertiary/aromatic N) is 2. The number of aliphatic hydroxyl groups excluding tert-OH is 1. The van der Waals surface area contributed by atoms with Crippen molar-refractivity contribution in [2.75, 3.05) is 46.5 Å². The van der Waals surface area contributed by atoms with Crippen LogP contribution in [0.25, 0.3) is 5.76 Å². The Hall–Kier alpha value is -3.16. The van der Waals surface area contributed by atoms with Crippen molar-refractivity contribution in [3.8, 4) is 5.75 Å². The van der Waals surface area contributed by atoms with Crippen molar-refractivity contribution in [2.45, 2.75) is 13.0 Å². The summed E-state index contributed by atoms with van der Waals surface area (Å²) in [5.74, 6) is -0.728. The smallest absolute Gasteiger partial charge is 0.295 e. The van der Waals surface area contributed by atoms with E-state index in [1.165, 1.54) is 0 Å². The number of carbonyl (C=O) groups is 2. The first-order valence-electron chi connectivity index (χ1n) is 10.8. The number of benzene rings is 2. The molecule has 2 heterocycles. The van der Waals surface area contributed by atoms with Crippen molar-refractivity contribution in [3.63, 3.8) is 0 Å². The molecule has 168 valence electrons. The Balaban J connectivity index is 1.72. The number of morpholine rings is 1. The van der Waals surface area contributed by atoms with Crippen molar-refractivity contribution in [1.82, 2.24) is 9.80 Å². The van der Waals surface area contributed by atoms with E-state index in [1.54, 1.807) is 36.3 Å². The lowest BCUT2D eigenvalue weighted by atomic mass is 9.95. The fourth-order valence-corrected chi connectivity index (χ4v) is 4.18. The molecule has 0 saturated carbocycles. The van der Waals surface area contributed by atoms with Crippen molar-refractivity contribution in [3.05, 3.63) is 70.8 Å². The Bertz CT molecular complexity index is 1010. The first-order valence-corrected chi connectivity index (χ1v) is 10.8. The van der Waals surface area contributed by atoms with Gasteiger partial charge in [0.05, 0.1) is 31.9 Å². The summed E-state index contributed by atoms with van der Waals surface area (Å²) in [5.41, 5.74) is 2.42. The Morgan fingerprint density at radius 1 is 1.03 bits per heavy atom. The van der Waals surface area contributed by atoms with Gasteiger partial charge in [-0.05, 0) is 24.6 Å². The van der Waals surface area contributed by atoms with Crippen molar-refractivity contribution >= 4 is 17.4 Å². The Kier molecular flexibility index (Phi) is 6.58. The van der Waals surface area contributed by atoms with E-state index in [2.05, 4.69) is 4.90 Å². The molecule has 2 aromatic carbocycles. The lowest BCUT2D eigenvalue weighted by molar-refractivity contribution is -0.140. The zero-order valence-electron chi connectivity index (χ0n) is 18.4. The van der Waals surface area contributed by atoms with Gasteiger partial charge in [0.2, 0.25) is 0 Å². The number of hydrogen-bond acceptors (Lipinski definition) is 6. The van der Waals surface area contributed by atoms with Crippen molar-refractivity contribution in [1.29, 1.82) is 0 Å². The van der Waals surface area contributed by atoms with Crippen LogP contribution in [-0.4, -0.2) is 73.1 Å². The van der Waals surface area contributed by atoms with E-state index in [9.17, 15) is 14.7 Å². The average molecular weight is 437 g/mol. The van der Waals surface area contributed by atoms with Crippen LogP contribution in [0.15, 0.2) is 54.1 Å². The van der Waals surface area contributed by atoms with Crippen LogP contribution >= 0.6 is 0 Å². The van der Waals surface area contributed by atoms with E-state index in [-0.39, 0.29) is 11.3 Å². The number of hydrogen-bond donors (Lipinski definition) is 1. The first kappa shape index (κ1) is 22.0. The highest BCUT2D eigenvalue weighted by Gasteiger charge is 2.46. The van der Waals surface area contributed by atoms with Gasteiger partial charge in [0.1, 0.15) is 11.5 Å². The highest BCUT2D eigenvalue weighted by Crippen LogP contribution is 2.39. The zero-order chi connectivity index (χ0) is 22.7. The van der Waals surface area contributed by atoms with Gasteiger partial charge in [-0.1, -0.05) is 42.0 Å². The highest BCUT2D eigenvalue weighted by molar-refractivity contribution is 6.46. The predicted molar refractivity (Wildman–Crippen MR) is 120 cm³/mol. The van der Waals surface area contributed by atoms with Gasteiger partial charge >= 0.3 is 0 Å². The van der Waals surface area contributed by atoms with Gasteiger partial charge in [0, 0.05) is 31.7 Å². The molecule has 7 nitrogen and oxygen atoms in total. The lowest BCUT2D eigenvalue weighted by Gasteiger charge is -2.31. The predicted octanol–water partition coefficient (Wildman–Crippen LogP) is 2.76. The molecule has 2 aromatic rings. The van der Waals surface area contributed by atoms with Gasteiger partial charge in [-0.25, -0.2) is 0 Å². The number of Topliss-reactive ketones (excluding diaryl/α,β-unsaturated/α-hetero) is 1. The highest BCUT2D eigenvalue weighted by atomic mass is 16.5. The molecule has 4 rings (SSSR count). The molecule has 1 amide bonds. The number of ether oxygens (including phenoxy) is 2. The maximum Gasteiger partial charge on any atom is 0.295 e. The van der Waals surface area contributed by atoms with E-state index in [0.717, 1.165) is 24.2 Å². The van der Waals surface area contributed by atoms with Crippen LogP contribution in [0.2, 0.25) is 0 Å². The molecule has 7 heteroatoms. The molecule has 0 bridgehead atoms. The second-order valence-electron chi connectivity index (χ2n) is 8.09. The van der Waals surface area contributed by atoms with Crippen LogP contribution in [0.5, 0.6) is 5.75 Å². The topological polar surface area (TPSA) is 79.3 Å². The third-order valence-corrected chi connectivity index (χ3v) is 6.06. The summed E-state index contributed by atoms with van der Waals surface area (Å²) < 4.78 is 10.7. The van der Waals surface area contributed by atoms with Gasteiger partial charge in [-0.3, -0.25) is 14.5 Å². The molecule has 0 spiro atoms. The number of rotatable bonds is 6.